The van der Waals surface area contributed by atoms with E-state index in [9.17, 15) is 18.5 Å². The molecule has 4 aromatic rings. The van der Waals surface area contributed by atoms with E-state index in [4.69, 9.17) is 24.3 Å². The molecule has 41 heavy (non-hydrogen) atoms. The molecule has 1 unspecified atom stereocenters. The molecule has 0 aliphatic rings. The monoisotopic (exact) mass is 605 g/mol. The fraction of sp³-hybridized carbons (Fsp3) is 0.308. The van der Waals surface area contributed by atoms with Crippen molar-refractivity contribution in [3.8, 4) is 5.75 Å². The Balaban J connectivity index is 1.34. The van der Waals surface area contributed by atoms with Crippen molar-refractivity contribution in [2.24, 2.45) is 0 Å². The molecular weight excluding hydrogens is 576 g/mol. The SMILES string of the molecule is COc1cc(C(=O)SCCOP(=O)(COCCn2cnc3c(=O)[nH]c(N)nc32)OCc2cccc(F)c2)ccc1C. The molecule has 0 saturated carbocycles. The van der Waals surface area contributed by atoms with Crippen LogP contribution in [0.15, 0.2) is 53.6 Å². The van der Waals surface area contributed by atoms with Crippen LogP contribution in [0.5, 0.6) is 5.75 Å². The van der Waals surface area contributed by atoms with E-state index in [1.165, 1.54) is 31.6 Å². The molecule has 3 N–H and O–H groups in total. The zero-order valence-electron chi connectivity index (χ0n) is 22.4. The summed E-state index contributed by atoms with van der Waals surface area (Å²) in [6, 6.07) is 10.9. The van der Waals surface area contributed by atoms with E-state index in [1.807, 2.05) is 6.92 Å². The summed E-state index contributed by atoms with van der Waals surface area (Å²) in [5.41, 5.74) is 7.41. The van der Waals surface area contributed by atoms with Crippen molar-refractivity contribution < 1.29 is 32.3 Å². The number of H-pyrrole nitrogens is 1. The molecule has 0 spiro atoms. The molecule has 2 heterocycles. The first-order chi connectivity index (χ1) is 19.7. The minimum absolute atomic E-state index is 0.0494. The van der Waals surface area contributed by atoms with E-state index in [0.717, 1.165) is 17.3 Å². The molecule has 0 radical (unpaired) electrons. The van der Waals surface area contributed by atoms with Crippen LogP contribution in [0.2, 0.25) is 0 Å². The minimum Gasteiger partial charge on any atom is -0.496 e. The van der Waals surface area contributed by atoms with Crippen LogP contribution in [0.4, 0.5) is 10.3 Å². The standard InChI is InChI=1S/C26H29FN5O7PS/c1-17-6-7-19(13-21(17)36-2)25(34)41-11-10-38-40(35,39-14-18-4-3-5-20(27)12-18)16-37-9-8-32-15-29-22-23(32)30-26(28)31-24(22)33/h3-7,12-13,15H,8-11,14,16H2,1-2H3,(H3,28,30,31,33). The summed E-state index contributed by atoms with van der Waals surface area (Å²) in [4.78, 5) is 35.1. The Kier molecular flexibility index (Phi) is 10.3. The summed E-state index contributed by atoms with van der Waals surface area (Å²) in [7, 11) is -2.29. The summed E-state index contributed by atoms with van der Waals surface area (Å²) >= 11 is 1.000. The number of aromatic nitrogens is 4. The molecule has 218 valence electrons. The molecule has 12 nitrogen and oxygen atoms in total. The molecule has 0 fully saturated rings. The smallest absolute Gasteiger partial charge is 0.356 e. The third kappa shape index (κ3) is 8.24. The average molecular weight is 606 g/mol. The first-order valence-corrected chi connectivity index (χ1v) is 15.1. The maximum Gasteiger partial charge on any atom is 0.356 e. The van der Waals surface area contributed by atoms with Crippen molar-refractivity contribution in [3.05, 3.63) is 81.7 Å². The van der Waals surface area contributed by atoms with E-state index >= 15 is 0 Å². The molecule has 0 aliphatic heterocycles. The van der Waals surface area contributed by atoms with Gasteiger partial charge >= 0.3 is 7.60 Å². The lowest BCUT2D eigenvalue weighted by Crippen LogP contribution is -2.13. The normalized spacial score (nSPS) is 12.9. The van der Waals surface area contributed by atoms with Gasteiger partial charge in [0, 0.05) is 17.9 Å². The second-order valence-electron chi connectivity index (χ2n) is 8.77. The number of aryl methyl sites for hydroxylation is 1. The largest absolute Gasteiger partial charge is 0.496 e. The first-order valence-electron chi connectivity index (χ1n) is 12.4. The number of anilines is 1. The first kappa shape index (κ1) is 30.4. The fourth-order valence-corrected chi connectivity index (χ4v) is 5.79. The highest BCUT2D eigenvalue weighted by molar-refractivity contribution is 8.14. The van der Waals surface area contributed by atoms with Crippen molar-refractivity contribution in [2.45, 2.75) is 20.1 Å². The Hall–Kier alpha value is -3.55. The highest BCUT2D eigenvalue weighted by Gasteiger charge is 2.26. The Labute approximate surface area is 238 Å². The van der Waals surface area contributed by atoms with Crippen molar-refractivity contribution >= 4 is 41.6 Å². The zero-order valence-corrected chi connectivity index (χ0v) is 24.1. The Morgan fingerprint density at radius 3 is 2.80 bits per heavy atom. The van der Waals surface area contributed by atoms with E-state index in [1.54, 1.807) is 28.8 Å². The van der Waals surface area contributed by atoms with Crippen molar-refractivity contribution in [1.29, 1.82) is 0 Å². The topological polar surface area (TPSA) is 161 Å². The van der Waals surface area contributed by atoms with Crippen molar-refractivity contribution in [2.75, 3.05) is 38.2 Å². The van der Waals surface area contributed by atoms with Crippen LogP contribution >= 0.6 is 19.4 Å². The number of carbonyl (C=O) groups is 1. The molecule has 2 aromatic carbocycles. The number of nitrogens with one attached hydrogen (secondary N) is 1. The van der Waals surface area contributed by atoms with Gasteiger partial charge in [0.05, 0.1) is 33.3 Å². The van der Waals surface area contributed by atoms with E-state index in [2.05, 4.69) is 15.0 Å². The summed E-state index contributed by atoms with van der Waals surface area (Å²) < 4.78 is 50.7. The zero-order chi connectivity index (χ0) is 29.4. The number of imidazole rings is 1. The Morgan fingerprint density at radius 1 is 1.20 bits per heavy atom. The maximum absolute atomic E-state index is 13.6. The average Bonchev–Trinajstić information content (AvgIpc) is 3.35. The number of nitrogen functional groups attached to an aromatic ring is 1. The number of benzene rings is 2. The number of methoxy groups -OCH3 is 1. The van der Waals surface area contributed by atoms with E-state index in [0.29, 0.717) is 16.9 Å². The predicted molar refractivity (Wildman–Crippen MR) is 153 cm³/mol. The minimum atomic E-state index is -3.83. The van der Waals surface area contributed by atoms with Gasteiger partial charge in [-0.3, -0.25) is 19.1 Å². The van der Waals surface area contributed by atoms with Crippen LogP contribution in [0.1, 0.15) is 21.5 Å². The molecule has 0 saturated heterocycles. The summed E-state index contributed by atoms with van der Waals surface area (Å²) in [6.07, 6.45) is 1.02. The van der Waals surface area contributed by atoms with Crippen molar-refractivity contribution in [3.63, 3.8) is 0 Å². The fourth-order valence-electron chi connectivity index (χ4n) is 3.73. The number of carbonyl (C=O) groups excluding carboxylic acids is 1. The van der Waals surface area contributed by atoms with Gasteiger partial charge in [-0.25, -0.2) is 9.37 Å². The number of hydrogen-bond donors (Lipinski definition) is 2. The number of ether oxygens (including phenoxy) is 2. The van der Waals surface area contributed by atoms with Gasteiger partial charge in [0.1, 0.15) is 17.9 Å². The highest BCUT2D eigenvalue weighted by Crippen LogP contribution is 2.49. The van der Waals surface area contributed by atoms with Crippen LogP contribution in [0.25, 0.3) is 11.2 Å². The second kappa shape index (κ2) is 13.9. The third-order valence-electron chi connectivity index (χ3n) is 5.78. The highest BCUT2D eigenvalue weighted by atomic mass is 32.2. The van der Waals surface area contributed by atoms with E-state index < -0.39 is 25.3 Å². The second-order valence-corrected chi connectivity index (χ2v) is 11.8. The van der Waals surface area contributed by atoms with E-state index in [-0.39, 0.29) is 54.3 Å². The Morgan fingerprint density at radius 2 is 2.02 bits per heavy atom. The number of nitrogens with two attached hydrogens (primary N) is 1. The number of halogens is 1. The van der Waals surface area contributed by atoms with Gasteiger partial charge in [-0.1, -0.05) is 30.0 Å². The van der Waals surface area contributed by atoms with Gasteiger partial charge in [-0.15, -0.1) is 0 Å². The quantitative estimate of drug-likeness (QED) is 0.157. The number of fused-ring (bicyclic) bond motifs is 1. The third-order valence-corrected chi connectivity index (χ3v) is 8.25. The lowest BCUT2D eigenvalue weighted by atomic mass is 10.1. The number of aromatic amines is 1. The molecular formula is C26H29FN5O7PS. The molecule has 0 amide bonds. The van der Waals surface area contributed by atoms with Gasteiger partial charge in [-0.2, -0.15) is 4.98 Å². The predicted octanol–water partition coefficient (Wildman–Crippen LogP) is 4.13. The van der Waals surface area contributed by atoms with Gasteiger partial charge in [-0.05, 0) is 42.3 Å². The van der Waals surface area contributed by atoms with Crippen LogP contribution in [-0.2, 0) is 31.5 Å². The van der Waals surface area contributed by atoms with Gasteiger partial charge in [0.15, 0.2) is 11.2 Å². The number of hydrogen-bond acceptors (Lipinski definition) is 11. The van der Waals surface area contributed by atoms with Crippen LogP contribution in [0, 0.1) is 12.7 Å². The maximum atomic E-state index is 13.6. The molecule has 4 rings (SSSR count). The van der Waals surface area contributed by atoms with Crippen LogP contribution < -0.4 is 16.0 Å². The summed E-state index contributed by atoms with van der Waals surface area (Å²) in [6.45, 7) is 1.91. The Bertz CT molecular complexity index is 1630. The molecule has 0 bridgehead atoms. The molecule has 15 heteroatoms. The summed E-state index contributed by atoms with van der Waals surface area (Å²) in [5.74, 6) is 0.299. The number of thioether (sulfide) groups is 1. The molecule has 2 aromatic heterocycles. The van der Waals surface area contributed by atoms with Gasteiger partial charge < -0.3 is 28.8 Å². The number of nitrogens with zero attached hydrogens (tertiary/aromatic N) is 3. The summed E-state index contributed by atoms with van der Waals surface area (Å²) in [5, 5.41) is -0.195. The molecule has 0 aliphatic carbocycles. The van der Waals surface area contributed by atoms with Gasteiger partial charge in [0.25, 0.3) is 5.56 Å². The van der Waals surface area contributed by atoms with Crippen LogP contribution in [-0.4, -0.2) is 57.1 Å². The number of rotatable bonds is 14. The molecule has 1 atom stereocenters. The van der Waals surface area contributed by atoms with Crippen LogP contribution in [0.3, 0.4) is 0 Å². The lowest BCUT2D eigenvalue weighted by molar-refractivity contribution is 0.108. The lowest BCUT2D eigenvalue weighted by Gasteiger charge is -2.19. The van der Waals surface area contributed by atoms with Gasteiger partial charge in [0.2, 0.25) is 11.1 Å². The van der Waals surface area contributed by atoms with Crippen molar-refractivity contribution in [1.82, 2.24) is 19.5 Å².